The van der Waals surface area contributed by atoms with Crippen LogP contribution in [0.15, 0.2) is 48.5 Å². The summed E-state index contributed by atoms with van der Waals surface area (Å²) in [5, 5.41) is 3.31. The fourth-order valence-corrected chi connectivity index (χ4v) is 3.81. The number of hydrogen-bond acceptors (Lipinski definition) is 8. The molecule has 0 atom stereocenters. The van der Waals surface area contributed by atoms with Crippen LogP contribution in [0.3, 0.4) is 0 Å². The molecule has 1 aliphatic heterocycles. The van der Waals surface area contributed by atoms with Gasteiger partial charge in [-0.05, 0) is 81.9 Å². The molecular weight excluding hydrogens is 506 g/mol. The molecule has 1 N–H and O–H groups in total. The number of rotatable bonds is 17. The highest BCUT2D eigenvalue weighted by molar-refractivity contribution is 5.89. The molecule has 0 bridgehead atoms. The van der Waals surface area contributed by atoms with Crippen molar-refractivity contribution in [3.63, 3.8) is 0 Å². The van der Waals surface area contributed by atoms with Crippen molar-refractivity contribution in [2.75, 3.05) is 85.2 Å². The normalized spacial score (nSPS) is 13.3. The van der Waals surface area contributed by atoms with Gasteiger partial charge in [0.2, 0.25) is 0 Å². The van der Waals surface area contributed by atoms with Gasteiger partial charge in [-0.1, -0.05) is 26.7 Å². The van der Waals surface area contributed by atoms with Crippen molar-refractivity contribution in [2.24, 2.45) is 0 Å². The van der Waals surface area contributed by atoms with Crippen LogP contribution in [-0.4, -0.2) is 95.6 Å². The summed E-state index contributed by atoms with van der Waals surface area (Å²) in [5.74, 6) is 1.57. The second kappa shape index (κ2) is 21.0. The molecule has 8 nitrogen and oxygen atoms in total. The van der Waals surface area contributed by atoms with Crippen LogP contribution in [0.4, 0.5) is 5.69 Å². The molecule has 0 amide bonds. The Morgan fingerprint density at radius 2 is 1.45 bits per heavy atom. The molecule has 0 aliphatic carbocycles. The molecule has 224 valence electrons. The highest BCUT2D eigenvalue weighted by Gasteiger charge is 2.09. The van der Waals surface area contributed by atoms with Crippen molar-refractivity contribution < 1.29 is 23.7 Å². The van der Waals surface area contributed by atoms with E-state index in [1.165, 1.54) is 6.42 Å². The van der Waals surface area contributed by atoms with Gasteiger partial charge < -0.3 is 29.2 Å². The van der Waals surface area contributed by atoms with Gasteiger partial charge in [-0.25, -0.2) is 4.79 Å². The summed E-state index contributed by atoms with van der Waals surface area (Å²) in [6, 6.07) is 15.3. The average Bonchev–Trinajstić information content (AvgIpc) is 2.97. The van der Waals surface area contributed by atoms with Crippen molar-refractivity contribution in [1.29, 1.82) is 0 Å². The Hall–Kier alpha value is -2.81. The quantitative estimate of drug-likeness (QED) is 0.200. The number of nitrogens with one attached hydrogen (secondary N) is 1. The zero-order valence-corrected chi connectivity index (χ0v) is 25.2. The lowest BCUT2D eigenvalue weighted by molar-refractivity contribution is 0.0358. The van der Waals surface area contributed by atoms with Gasteiger partial charge in [0.15, 0.2) is 0 Å². The first-order valence-electron chi connectivity index (χ1n) is 14.8. The maximum absolute atomic E-state index is 11.7. The summed E-state index contributed by atoms with van der Waals surface area (Å²) < 4.78 is 21.9. The van der Waals surface area contributed by atoms with Crippen LogP contribution in [0.2, 0.25) is 0 Å². The maximum atomic E-state index is 11.7. The molecule has 1 heterocycles. The summed E-state index contributed by atoms with van der Waals surface area (Å²) in [7, 11) is 3.90. The standard InChI is InChI=1S/C17H27NO3.C15H24N2O2/c1-2-3-12-20-16-5-7-17(8-6-16)21-13-4-9-18-10-14-19-15-11-18;1-4-5-10-16-14-8-6-13(7-9-14)15(18)19-12-11-17(2)3/h5-8H,2-4,9-15H2,1H3;6-9,16H,4-5,10-12H2,1-3H3. The topological polar surface area (TPSA) is 72.5 Å². The van der Waals surface area contributed by atoms with E-state index >= 15 is 0 Å². The number of carbonyl (C=O) groups is 1. The third-order valence-corrected chi connectivity index (χ3v) is 6.33. The molecule has 2 aromatic carbocycles. The number of benzene rings is 2. The van der Waals surface area contributed by atoms with Crippen molar-refractivity contribution in [1.82, 2.24) is 9.80 Å². The van der Waals surface area contributed by atoms with E-state index in [1.807, 2.05) is 55.4 Å². The lowest BCUT2D eigenvalue weighted by Gasteiger charge is -2.26. The number of hydrogen-bond donors (Lipinski definition) is 1. The van der Waals surface area contributed by atoms with Gasteiger partial charge in [0.1, 0.15) is 18.1 Å². The first-order valence-corrected chi connectivity index (χ1v) is 14.8. The number of anilines is 1. The lowest BCUT2D eigenvalue weighted by Crippen LogP contribution is -2.37. The molecule has 0 unspecified atom stereocenters. The Balaban J connectivity index is 0.000000282. The van der Waals surface area contributed by atoms with Crippen LogP contribution in [0.25, 0.3) is 0 Å². The SMILES string of the molecule is CCCCNc1ccc(C(=O)OCCN(C)C)cc1.CCCCOc1ccc(OCCCN2CCOCC2)cc1. The summed E-state index contributed by atoms with van der Waals surface area (Å²) >= 11 is 0. The van der Waals surface area contributed by atoms with E-state index in [9.17, 15) is 4.79 Å². The largest absolute Gasteiger partial charge is 0.494 e. The minimum atomic E-state index is -0.262. The van der Waals surface area contributed by atoms with Gasteiger partial charge in [0, 0.05) is 38.4 Å². The second-order valence-corrected chi connectivity index (χ2v) is 10.1. The summed E-state index contributed by atoms with van der Waals surface area (Å²) in [6.45, 7) is 12.9. The number of nitrogens with zero attached hydrogens (tertiary/aromatic N) is 2. The molecule has 1 saturated heterocycles. The molecule has 3 rings (SSSR count). The Bertz CT molecular complexity index is 900. The molecule has 0 saturated carbocycles. The van der Waals surface area contributed by atoms with Crippen LogP contribution in [0.5, 0.6) is 11.5 Å². The molecule has 0 aromatic heterocycles. The Labute approximate surface area is 241 Å². The molecule has 0 radical (unpaired) electrons. The van der Waals surface area contributed by atoms with E-state index in [0.29, 0.717) is 12.2 Å². The van der Waals surface area contributed by atoms with Gasteiger partial charge in [0.25, 0.3) is 0 Å². The fraction of sp³-hybridized carbons (Fsp3) is 0.594. The molecule has 1 fully saturated rings. The van der Waals surface area contributed by atoms with E-state index in [4.69, 9.17) is 18.9 Å². The predicted octanol–water partition coefficient (Wildman–Crippen LogP) is 5.58. The first kappa shape index (κ1) is 33.4. The van der Waals surface area contributed by atoms with Crippen LogP contribution in [0.1, 0.15) is 56.3 Å². The van der Waals surface area contributed by atoms with Gasteiger partial charge in [-0.15, -0.1) is 0 Å². The summed E-state index contributed by atoms with van der Waals surface area (Å²) in [6.07, 6.45) is 5.62. The highest BCUT2D eigenvalue weighted by Crippen LogP contribution is 2.18. The Morgan fingerprint density at radius 1 is 0.850 bits per heavy atom. The monoisotopic (exact) mass is 557 g/mol. The third kappa shape index (κ3) is 15.1. The van der Waals surface area contributed by atoms with E-state index < -0.39 is 0 Å². The number of morpholine rings is 1. The Morgan fingerprint density at radius 3 is 2.02 bits per heavy atom. The van der Waals surface area contributed by atoms with Crippen LogP contribution in [0, 0.1) is 0 Å². The fourth-order valence-electron chi connectivity index (χ4n) is 3.81. The van der Waals surface area contributed by atoms with Crippen molar-refractivity contribution in [3.8, 4) is 11.5 Å². The lowest BCUT2D eigenvalue weighted by atomic mass is 10.2. The Kier molecular flexibility index (Phi) is 17.5. The van der Waals surface area contributed by atoms with Gasteiger partial charge in [-0.2, -0.15) is 0 Å². The predicted molar refractivity (Wildman–Crippen MR) is 163 cm³/mol. The van der Waals surface area contributed by atoms with E-state index in [1.54, 1.807) is 12.1 Å². The first-order chi connectivity index (χ1) is 19.5. The van der Waals surface area contributed by atoms with Gasteiger partial charge in [0.05, 0.1) is 32.0 Å². The average molecular weight is 558 g/mol. The molecule has 0 spiro atoms. The van der Waals surface area contributed by atoms with Crippen LogP contribution >= 0.6 is 0 Å². The zero-order chi connectivity index (χ0) is 28.8. The van der Waals surface area contributed by atoms with Gasteiger partial charge >= 0.3 is 5.97 Å². The minimum Gasteiger partial charge on any atom is -0.494 e. The van der Waals surface area contributed by atoms with E-state index in [-0.39, 0.29) is 5.97 Å². The van der Waals surface area contributed by atoms with E-state index in [2.05, 4.69) is 24.1 Å². The number of ether oxygens (including phenoxy) is 4. The number of unbranched alkanes of at least 4 members (excludes halogenated alkanes) is 2. The van der Waals surface area contributed by atoms with Crippen molar-refractivity contribution >= 4 is 11.7 Å². The summed E-state index contributed by atoms with van der Waals surface area (Å²) in [5.41, 5.74) is 1.64. The zero-order valence-electron chi connectivity index (χ0n) is 25.2. The molecule has 2 aromatic rings. The van der Waals surface area contributed by atoms with Crippen molar-refractivity contribution in [3.05, 3.63) is 54.1 Å². The number of esters is 1. The van der Waals surface area contributed by atoms with E-state index in [0.717, 1.165) is 102 Å². The van der Waals surface area contributed by atoms with Crippen molar-refractivity contribution in [2.45, 2.75) is 46.0 Å². The maximum Gasteiger partial charge on any atom is 0.338 e. The molecule has 1 aliphatic rings. The summed E-state index contributed by atoms with van der Waals surface area (Å²) in [4.78, 5) is 16.1. The number of likely N-dealkylation sites (N-methyl/N-ethyl adjacent to an activating group) is 1. The molecule has 40 heavy (non-hydrogen) atoms. The van der Waals surface area contributed by atoms with Crippen LogP contribution in [-0.2, 0) is 9.47 Å². The van der Waals surface area contributed by atoms with Crippen LogP contribution < -0.4 is 14.8 Å². The smallest absolute Gasteiger partial charge is 0.338 e. The van der Waals surface area contributed by atoms with Gasteiger partial charge in [-0.3, -0.25) is 4.90 Å². The highest BCUT2D eigenvalue weighted by atomic mass is 16.5. The molecule has 8 heteroatoms. The minimum absolute atomic E-state index is 0.262. The molecular formula is C32H51N3O5. The second-order valence-electron chi connectivity index (χ2n) is 10.1. The number of carbonyl (C=O) groups excluding carboxylic acids is 1. The third-order valence-electron chi connectivity index (χ3n) is 6.33.